The summed E-state index contributed by atoms with van der Waals surface area (Å²) in [5.74, 6) is -5.31. The van der Waals surface area contributed by atoms with Gasteiger partial charge in [0.15, 0.2) is 0 Å². The molecule has 9 nitrogen and oxygen atoms in total. The molecule has 4 N–H and O–H groups in total. The van der Waals surface area contributed by atoms with Crippen molar-refractivity contribution in [1.82, 2.24) is 0 Å². The third-order valence-corrected chi connectivity index (χ3v) is 7.97. The minimum Gasteiger partial charge on any atom is -0.393 e. The molecule has 272 valence electrons. The second kappa shape index (κ2) is 25.6. The molecule has 9 heteroatoms. The number of hydrogen-bond acceptors (Lipinski definition) is 9. The molecule has 0 aliphatic rings. The Labute approximate surface area is 277 Å². The van der Waals surface area contributed by atoms with Crippen molar-refractivity contribution in [1.29, 1.82) is 0 Å². The molecule has 0 saturated heterocycles. The van der Waals surface area contributed by atoms with Crippen LogP contribution in [-0.4, -0.2) is 78.5 Å². The first-order chi connectivity index (χ1) is 21.5. The van der Waals surface area contributed by atoms with Gasteiger partial charge in [-0.05, 0) is 71.6 Å². The Morgan fingerprint density at radius 1 is 0.533 bits per heavy atom. The average molecular weight is 650 g/mol. The molecule has 0 bridgehead atoms. The maximum absolute atomic E-state index is 10.5. The number of ether oxygens (including phenoxy) is 6. The van der Waals surface area contributed by atoms with E-state index in [0.29, 0.717) is 64.8 Å². The van der Waals surface area contributed by atoms with E-state index in [-0.39, 0.29) is 6.61 Å². The van der Waals surface area contributed by atoms with E-state index in [2.05, 4.69) is 20.8 Å². The summed E-state index contributed by atoms with van der Waals surface area (Å²) in [7, 11) is 0. The number of hydrogen-bond donors (Lipinski definition) is 3. The Hall–Kier alpha value is -0.360. The largest absolute Gasteiger partial charge is 0.393 e. The first-order valence-corrected chi connectivity index (χ1v) is 18.6. The standard InChI is InChI=1S/C36H75NO8/c1-10-17-18-19-20-21-22-23-34(40-24-11-2,41-25-12-3)35(42-26-13-4,44-32(15-6)28-30(8)38)36(37,43-27-14-5)45-33(16-7)29-31(9)39/h30-33,38-39H,10-29,37H2,1-9H3. The van der Waals surface area contributed by atoms with E-state index in [4.69, 9.17) is 34.2 Å². The predicted molar refractivity (Wildman–Crippen MR) is 183 cm³/mol. The molecule has 0 radical (unpaired) electrons. The molecule has 0 heterocycles. The Morgan fingerprint density at radius 2 is 0.956 bits per heavy atom. The first kappa shape index (κ1) is 44.6. The summed E-state index contributed by atoms with van der Waals surface area (Å²) in [6, 6.07) is 0. The van der Waals surface area contributed by atoms with Gasteiger partial charge in [-0.15, -0.1) is 0 Å². The van der Waals surface area contributed by atoms with Gasteiger partial charge in [-0.2, -0.15) is 0 Å². The van der Waals surface area contributed by atoms with Gasteiger partial charge in [-0.25, -0.2) is 0 Å². The monoisotopic (exact) mass is 650 g/mol. The molecule has 0 amide bonds. The molecular weight excluding hydrogens is 574 g/mol. The van der Waals surface area contributed by atoms with E-state index in [1.54, 1.807) is 13.8 Å². The lowest BCUT2D eigenvalue weighted by Crippen LogP contribution is -2.78. The molecule has 0 rings (SSSR count). The molecule has 0 aromatic heterocycles. The molecule has 0 aliphatic heterocycles. The van der Waals surface area contributed by atoms with E-state index >= 15 is 0 Å². The molecule has 6 unspecified atom stereocenters. The zero-order valence-corrected chi connectivity index (χ0v) is 30.9. The van der Waals surface area contributed by atoms with E-state index in [0.717, 1.165) is 32.1 Å². The van der Waals surface area contributed by atoms with Crippen molar-refractivity contribution >= 4 is 0 Å². The van der Waals surface area contributed by atoms with Gasteiger partial charge in [0, 0.05) is 19.6 Å². The van der Waals surface area contributed by atoms with Gasteiger partial charge in [-0.1, -0.05) is 87.0 Å². The zero-order chi connectivity index (χ0) is 34.2. The fraction of sp³-hybridized carbons (Fsp3) is 1.00. The lowest BCUT2D eigenvalue weighted by Gasteiger charge is -2.56. The first-order valence-electron chi connectivity index (χ1n) is 18.6. The second-order valence-electron chi connectivity index (χ2n) is 12.8. The Bertz CT molecular complexity index is 673. The fourth-order valence-electron chi connectivity index (χ4n) is 5.62. The third-order valence-electron chi connectivity index (χ3n) is 7.97. The van der Waals surface area contributed by atoms with Crippen molar-refractivity contribution in [3.05, 3.63) is 0 Å². The van der Waals surface area contributed by atoms with Crippen molar-refractivity contribution in [3.8, 4) is 0 Å². The molecule has 0 saturated carbocycles. The van der Waals surface area contributed by atoms with Gasteiger partial charge in [0.2, 0.25) is 5.79 Å². The van der Waals surface area contributed by atoms with Crippen LogP contribution in [0.3, 0.4) is 0 Å². The van der Waals surface area contributed by atoms with Gasteiger partial charge < -0.3 is 38.6 Å². The van der Waals surface area contributed by atoms with Crippen molar-refractivity contribution in [2.45, 2.75) is 207 Å². The number of rotatable bonds is 32. The highest BCUT2D eigenvalue weighted by Gasteiger charge is 2.70. The summed E-state index contributed by atoms with van der Waals surface area (Å²) in [5, 5.41) is 20.9. The maximum atomic E-state index is 10.5. The fourth-order valence-corrected chi connectivity index (χ4v) is 5.62. The van der Waals surface area contributed by atoms with E-state index in [1.165, 1.54) is 25.7 Å². The van der Waals surface area contributed by atoms with Gasteiger partial charge in [-0.3, -0.25) is 5.73 Å². The van der Waals surface area contributed by atoms with Crippen LogP contribution < -0.4 is 5.73 Å². The summed E-state index contributed by atoms with van der Waals surface area (Å²) in [6.45, 7) is 19.3. The number of aliphatic hydroxyl groups excluding tert-OH is 2. The third kappa shape index (κ3) is 15.6. The number of unbranched alkanes of at least 4 members (excludes halogenated alkanes) is 6. The molecular formula is C36H75NO8. The normalized spacial score (nSPS) is 17.9. The summed E-state index contributed by atoms with van der Waals surface area (Å²) in [5.41, 5.74) is 7.41. The van der Waals surface area contributed by atoms with E-state index in [1.807, 2.05) is 27.7 Å². The smallest absolute Gasteiger partial charge is 0.295 e. The lowest BCUT2D eigenvalue weighted by molar-refractivity contribution is -0.508. The Balaban J connectivity index is 7.49. The molecule has 45 heavy (non-hydrogen) atoms. The van der Waals surface area contributed by atoms with Crippen LogP contribution in [0.25, 0.3) is 0 Å². The van der Waals surface area contributed by atoms with Crippen LogP contribution in [0.2, 0.25) is 0 Å². The topological polar surface area (TPSA) is 122 Å². The highest BCUT2D eigenvalue weighted by Crippen LogP contribution is 2.47. The van der Waals surface area contributed by atoms with E-state index in [9.17, 15) is 10.2 Å². The molecule has 0 aromatic rings. The highest BCUT2D eigenvalue weighted by molar-refractivity contribution is 5.01. The molecule has 0 aromatic carbocycles. The van der Waals surface area contributed by atoms with Crippen molar-refractivity contribution in [2.75, 3.05) is 26.4 Å². The molecule has 0 fully saturated rings. The van der Waals surface area contributed by atoms with Crippen molar-refractivity contribution < 1.29 is 38.6 Å². The van der Waals surface area contributed by atoms with Gasteiger partial charge >= 0.3 is 0 Å². The summed E-state index contributed by atoms with van der Waals surface area (Å²) < 4.78 is 41.0. The Kier molecular flexibility index (Phi) is 25.4. The Morgan fingerprint density at radius 3 is 1.40 bits per heavy atom. The summed E-state index contributed by atoms with van der Waals surface area (Å²) in [4.78, 5) is 0. The van der Waals surface area contributed by atoms with Crippen LogP contribution in [0.1, 0.15) is 165 Å². The SMILES string of the molecule is CCCCCCCCCC(OCCC)(OCCC)C(OCCC)(OC(CC)CC(C)O)C(N)(OCCC)OC(CC)CC(C)O. The van der Waals surface area contributed by atoms with Gasteiger partial charge in [0.05, 0.1) is 37.6 Å². The van der Waals surface area contributed by atoms with Gasteiger partial charge in [0.25, 0.3) is 11.7 Å². The van der Waals surface area contributed by atoms with Crippen molar-refractivity contribution in [3.63, 3.8) is 0 Å². The zero-order valence-electron chi connectivity index (χ0n) is 30.9. The van der Waals surface area contributed by atoms with Crippen molar-refractivity contribution in [2.24, 2.45) is 5.73 Å². The molecule has 0 spiro atoms. The number of aliphatic hydroxyl groups is 2. The van der Waals surface area contributed by atoms with E-state index < -0.39 is 41.9 Å². The van der Waals surface area contributed by atoms with Crippen LogP contribution >= 0.6 is 0 Å². The lowest BCUT2D eigenvalue weighted by atomic mass is 9.92. The summed E-state index contributed by atoms with van der Waals surface area (Å²) in [6.07, 6.45) is 10.9. The van der Waals surface area contributed by atoms with Crippen LogP contribution in [-0.2, 0) is 28.4 Å². The van der Waals surface area contributed by atoms with Crippen LogP contribution in [0.5, 0.6) is 0 Å². The van der Waals surface area contributed by atoms with Crippen LogP contribution in [0.15, 0.2) is 0 Å². The van der Waals surface area contributed by atoms with Crippen LogP contribution in [0, 0.1) is 0 Å². The minimum atomic E-state index is -1.97. The van der Waals surface area contributed by atoms with Crippen LogP contribution in [0.4, 0.5) is 0 Å². The van der Waals surface area contributed by atoms with Gasteiger partial charge in [0.1, 0.15) is 0 Å². The quantitative estimate of drug-likeness (QED) is 0.0492. The summed E-state index contributed by atoms with van der Waals surface area (Å²) >= 11 is 0. The minimum absolute atomic E-state index is 0.282. The number of nitrogens with two attached hydrogens (primary N) is 1. The maximum Gasteiger partial charge on any atom is 0.295 e. The predicted octanol–water partition coefficient (Wildman–Crippen LogP) is 7.97. The second-order valence-corrected chi connectivity index (χ2v) is 12.8. The highest BCUT2D eigenvalue weighted by atomic mass is 16.8. The molecule has 0 aliphatic carbocycles. The molecule has 6 atom stereocenters. The average Bonchev–Trinajstić information content (AvgIpc) is 3.01.